The van der Waals surface area contributed by atoms with Crippen molar-refractivity contribution in [2.75, 3.05) is 0 Å². The van der Waals surface area contributed by atoms with E-state index in [1.54, 1.807) is 0 Å². The van der Waals surface area contributed by atoms with E-state index in [4.69, 9.17) is 5.11 Å². The number of hydrogen-bond acceptors (Lipinski definition) is 2. The van der Waals surface area contributed by atoms with Crippen LogP contribution in [0, 0.1) is 5.41 Å². The molecular formula is C11H18N2O. The van der Waals surface area contributed by atoms with Gasteiger partial charge in [-0.1, -0.05) is 13.8 Å². The SMILES string of the molecule is Cn1nc(CO)c2c1CC(C)(C)CC2. The second-order valence-electron chi connectivity index (χ2n) is 4.99. The number of aliphatic hydroxyl groups is 1. The molecule has 78 valence electrons. The highest BCUT2D eigenvalue weighted by atomic mass is 16.3. The Bertz CT molecular complexity index is 352. The van der Waals surface area contributed by atoms with Crippen LogP contribution in [0.4, 0.5) is 0 Å². The van der Waals surface area contributed by atoms with Gasteiger partial charge in [-0.3, -0.25) is 4.68 Å². The highest BCUT2D eigenvalue weighted by molar-refractivity contribution is 5.29. The van der Waals surface area contributed by atoms with Crippen molar-refractivity contribution in [1.29, 1.82) is 0 Å². The number of fused-ring (bicyclic) bond motifs is 1. The number of aryl methyl sites for hydroxylation is 1. The molecule has 0 aromatic carbocycles. The largest absolute Gasteiger partial charge is 0.390 e. The lowest BCUT2D eigenvalue weighted by molar-refractivity contribution is 0.272. The minimum atomic E-state index is 0.0730. The summed E-state index contributed by atoms with van der Waals surface area (Å²) >= 11 is 0. The Morgan fingerprint density at radius 2 is 2.21 bits per heavy atom. The van der Waals surface area contributed by atoms with Gasteiger partial charge < -0.3 is 5.11 Å². The maximum atomic E-state index is 9.16. The zero-order valence-electron chi connectivity index (χ0n) is 9.17. The third-order valence-electron chi connectivity index (χ3n) is 3.21. The molecule has 0 radical (unpaired) electrons. The van der Waals surface area contributed by atoms with E-state index in [9.17, 15) is 0 Å². The Kier molecular flexibility index (Phi) is 2.14. The molecule has 1 heterocycles. The lowest BCUT2D eigenvalue weighted by Gasteiger charge is -2.29. The summed E-state index contributed by atoms with van der Waals surface area (Å²) in [5.74, 6) is 0. The number of aromatic nitrogens is 2. The van der Waals surface area contributed by atoms with Crippen molar-refractivity contribution < 1.29 is 5.11 Å². The molecule has 3 nitrogen and oxygen atoms in total. The van der Waals surface area contributed by atoms with E-state index in [2.05, 4.69) is 18.9 Å². The molecule has 0 unspecified atom stereocenters. The lowest BCUT2D eigenvalue weighted by Crippen LogP contribution is -2.23. The van der Waals surface area contributed by atoms with Crippen LogP contribution in [0.5, 0.6) is 0 Å². The normalized spacial score (nSPS) is 19.4. The monoisotopic (exact) mass is 194 g/mol. The molecule has 1 N–H and O–H groups in total. The maximum Gasteiger partial charge on any atom is 0.0913 e. The van der Waals surface area contributed by atoms with Crippen molar-refractivity contribution in [3.63, 3.8) is 0 Å². The molecule has 0 spiro atoms. The third-order valence-corrected chi connectivity index (χ3v) is 3.21. The fourth-order valence-corrected chi connectivity index (χ4v) is 2.31. The lowest BCUT2D eigenvalue weighted by atomic mass is 9.76. The predicted molar refractivity (Wildman–Crippen MR) is 54.9 cm³/mol. The minimum absolute atomic E-state index is 0.0730. The smallest absolute Gasteiger partial charge is 0.0913 e. The fraction of sp³-hybridized carbons (Fsp3) is 0.727. The van der Waals surface area contributed by atoms with E-state index in [-0.39, 0.29) is 6.61 Å². The average molecular weight is 194 g/mol. The second kappa shape index (κ2) is 3.09. The summed E-state index contributed by atoms with van der Waals surface area (Å²) in [6, 6.07) is 0. The van der Waals surface area contributed by atoms with Crippen LogP contribution < -0.4 is 0 Å². The number of aliphatic hydroxyl groups excluding tert-OH is 1. The van der Waals surface area contributed by atoms with Crippen molar-refractivity contribution in [2.45, 2.75) is 39.7 Å². The van der Waals surface area contributed by atoms with Crippen molar-refractivity contribution >= 4 is 0 Å². The molecule has 1 aliphatic rings. The maximum absolute atomic E-state index is 9.16. The van der Waals surface area contributed by atoms with E-state index in [1.807, 2.05) is 11.7 Å². The van der Waals surface area contributed by atoms with Crippen LogP contribution in [0.25, 0.3) is 0 Å². The molecular weight excluding hydrogens is 176 g/mol. The molecule has 3 heteroatoms. The van der Waals surface area contributed by atoms with E-state index in [0.29, 0.717) is 5.41 Å². The van der Waals surface area contributed by atoms with E-state index in [1.165, 1.54) is 17.7 Å². The van der Waals surface area contributed by atoms with Crippen molar-refractivity contribution in [2.24, 2.45) is 12.5 Å². The Balaban J connectivity index is 2.43. The van der Waals surface area contributed by atoms with Crippen LogP contribution in [0.1, 0.15) is 37.2 Å². The van der Waals surface area contributed by atoms with Crippen LogP contribution in [-0.2, 0) is 26.5 Å². The summed E-state index contributed by atoms with van der Waals surface area (Å²) in [7, 11) is 1.97. The number of nitrogens with zero attached hydrogens (tertiary/aromatic N) is 2. The van der Waals surface area contributed by atoms with E-state index >= 15 is 0 Å². The first kappa shape index (κ1) is 9.71. The summed E-state index contributed by atoms with van der Waals surface area (Å²) < 4.78 is 1.93. The highest BCUT2D eigenvalue weighted by Gasteiger charge is 2.29. The molecule has 0 fully saturated rings. The van der Waals surface area contributed by atoms with Gasteiger partial charge >= 0.3 is 0 Å². The zero-order valence-corrected chi connectivity index (χ0v) is 9.17. The van der Waals surface area contributed by atoms with Crippen molar-refractivity contribution in [3.8, 4) is 0 Å². The topological polar surface area (TPSA) is 38.0 Å². The van der Waals surface area contributed by atoms with Gasteiger partial charge in [0.15, 0.2) is 0 Å². The third kappa shape index (κ3) is 1.46. The summed E-state index contributed by atoms with van der Waals surface area (Å²) in [5, 5.41) is 13.5. The predicted octanol–water partition coefficient (Wildman–Crippen LogP) is 1.43. The Hall–Kier alpha value is -0.830. The van der Waals surface area contributed by atoms with Crippen LogP contribution >= 0.6 is 0 Å². The fourth-order valence-electron chi connectivity index (χ4n) is 2.31. The van der Waals surface area contributed by atoms with Gasteiger partial charge in [0.1, 0.15) is 0 Å². The highest BCUT2D eigenvalue weighted by Crippen LogP contribution is 2.35. The molecule has 0 bridgehead atoms. The van der Waals surface area contributed by atoms with Gasteiger partial charge in [0.25, 0.3) is 0 Å². The molecule has 1 aromatic rings. The summed E-state index contributed by atoms with van der Waals surface area (Å²) in [6.07, 6.45) is 3.33. The number of hydrogen-bond donors (Lipinski definition) is 1. The number of rotatable bonds is 1. The Labute approximate surface area is 84.7 Å². The molecule has 2 rings (SSSR count). The first-order valence-electron chi connectivity index (χ1n) is 5.18. The van der Waals surface area contributed by atoms with Crippen molar-refractivity contribution in [1.82, 2.24) is 9.78 Å². The molecule has 14 heavy (non-hydrogen) atoms. The minimum Gasteiger partial charge on any atom is -0.390 e. The van der Waals surface area contributed by atoms with Crippen LogP contribution in [0.15, 0.2) is 0 Å². The molecule has 1 aromatic heterocycles. The van der Waals surface area contributed by atoms with Gasteiger partial charge in [0.05, 0.1) is 12.3 Å². The van der Waals surface area contributed by atoms with Gasteiger partial charge in [-0.15, -0.1) is 0 Å². The zero-order chi connectivity index (χ0) is 10.3. The van der Waals surface area contributed by atoms with E-state index < -0.39 is 0 Å². The van der Waals surface area contributed by atoms with E-state index in [0.717, 1.165) is 18.5 Å². The second-order valence-corrected chi connectivity index (χ2v) is 4.99. The first-order valence-corrected chi connectivity index (χ1v) is 5.18. The van der Waals surface area contributed by atoms with Gasteiger partial charge in [-0.05, 0) is 30.2 Å². The Morgan fingerprint density at radius 1 is 1.50 bits per heavy atom. The summed E-state index contributed by atoms with van der Waals surface area (Å²) in [6.45, 7) is 4.66. The van der Waals surface area contributed by atoms with Gasteiger partial charge in [0, 0.05) is 12.7 Å². The van der Waals surface area contributed by atoms with Crippen LogP contribution in [-0.4, -0.2) is 14.9 Å². The van der Waals surface area contributed by atoms with Crippen LogP contribution in [0.3, 0.4) is 0 Å². The molecule has 0 saturated carbocycles. The molecule has 0 atom stereocenters. The molecule has 1 aliphatic carbocycles. The molecule has 0 amide bonds. The standard InChI is InChI=1S/C11H18N2O/c1-11(2)5-4-8-9(7-14)12-13(3)10(8)6-11/h14H,4-7H2,1-3H3. The Morgan fingerprint density at radius 3 is 2.86 bits per heavy atom. The quantitative estimate of drug-likeness (QED) is 0.734. The van der Waals surface area contributed by atoms with Crippen molar-refractivity contribution in [3.05, 3.63) is 17.0 Å². The molecule has 0 saturated heterocycles. The summed E-state index contributed by atoms with van der Waals surface area (Å²) in [5.41, 5.74) is 3.85. The van der Waals surface area contributed by atoms with Gasteiger partial charge in [-0.25, -0.2) is 0 Å². The van der Waals surface area contributed by atoms with Crippen LogP contribution in [0.2, 0.25) is 0 Å². The summed E-state index contributed by atoms with van der Waals surface area (Å²) in [4.78, 5) is 0. The van der Waals surface area contributed by atoms with Gasteiger partial charge in [0.2, 0.25) is 0 Å². The molecule has 0 aliphatic heterocycles. The average Bonchev–Trinajstić information content (AvgIpc) is 2.41. The van der Waals surface area contributed by atoms with Gasteiger partial charge in [-0.2, -0.15) is 5.10 Å². The first-order chi connectivity index (χ1) is 6.53.